The van der Waals surface area contributed by atoms with E-state index < -0.39 is 17.6 Å². The third-order valence-corrected chi connectivity index (χ3v) is 3.52. The molecule has 0 fully saturated rings. The smallest absolute Gasteiger partial charge is 0.416 e. The largest absolute Gasteiger partial charge is 0.454 e. The summed E-state index contributed by atoms with van der Waals surface area (Å²) in [6.45, 7) is 0.0869. The Kier molecular flexibility index (Phi) is 4.54. The SMILES string of the molecule is N#CC(=Cc1ccc2c(c1)OCO2)C(=O)Nc1cccc(C(F)(F)F)c1. The number of nitriles is 1. The summed E-state index contributed by atoms with van der Waals surface area (Å²) in [5.74, 6) is 0.216. The van der Waals surface area contributed by atoms with Crippen LogP contribution < -0.4 is 14.8 Å². The van der Waals surface area contributed by atoms with Gasteiger partial charge in [0.05, 0.1) is 5.56 Å². The summed E-state index contributed by atoms with van der Waals surface area (Å²) < 4.78 is 48.6. The number of rotatable bonds is 3. The molecule has 0 unspecified atom stereocenters. The minimum absolute atomic E-state index is 0.0586. The summed E-state index contributed by atoms with van der Waals surface area (Å²) in [5, 5.41) is 11.5. The molecule has 0 saturated carbocycles. The topological polar surface area (TPSA) is 71.3 Å². The van der Waals surface area contributed by atoms with Crippen molar-refractivity contribution in [2.75, 3.05) is 12.1 Å². The van der Waals surface area contributed by atoms with E-state index in [0.29, 0.717) is 17.1 Å². The van der Waals surface area contributed by atoms with Crippen molar-refractivity contribution in [3.8, 4) is 17.6 Å². The monoisotopic (exact) mass is 360 g/mol. The highest BCUT2D eigenvalue weighted by Gasteiger charge is 2.30. The number of hydrogen-bond donors (Lipinski definition) is 1. The molecule has 0 saturated heterocycles. The second kappa shape index (κ2) is 6.80. The normalized spacial score (nSPS) is 13.2. The maximum atomic E-state index is 12.7. The van der Waals surface area contributed by atoms with Crippen LogP contribution in [0.2, 0.25) is 0 Å². The molecule has 0 spiro atoms. The second-order valence-electron chi connectivity index (χ2n) is 5.32. The minimum atomic E-state index is -4.53. The van der Waals surface area contributed by atoms with E-state index in [2.05, 4.69) is 5.32 Å². The number of hydrogen-bond acceptors (Lipinski definition) is 4. The summed E-state index contributed by atoms with van der Waals surface area (Å²) in [5.41, 5.74) is -0.698. The van der Waals surface area contributed by atoms with Gasteiger partial charge in [0.25, 0.3) is 5.91 Å². The molecule has 0 radical (unpaired) electrons. The maximum Gasteiger partial charge on any atom is 0.416 e. The Hall–Kier alpha value is -3.47. The number of anilines is 1. The Morgan fingerprint density at radius 1 is 1.15 bits per heavy atom. The van der Waals surface area contributed by atoms with Gasteiger partial charge in [0.2, 0.25) is 6.79 Å². The first kappa shape index (κ1) is 17.4. The van der Waals surface area contributed by atoms with Crippen molar-refractivity contribution >= 4 is 17.7 Å². The number of carbonyl (C=O) groups excluding carboxylic acids is 1. The van der Waals surface area contributed by atoms with Crippen molar-refractivity contribution in [3.05, 3.63) is 59.2 Å². The van der Waals surface area contributed by atoms with Gasteiger partial charge in [-0.3, -0.25) is 4.79 Å². The van der Waals surface area contributed by atoms with E-state index in [1.165, 1.54) is 18.2 Å². The van der Waals surface area contributed by atoms with E-state index in [9.17, 15) is 23.2 Å². The van der Waals surface area contributed by atoms with Crippen LogP contribution in [0.4, 0.5) is 18.9 Å². The predicted octanol–water partition coefficient (Wildman–Crippen LogP) is 3.98. The van der Waals surface area contributed by atoms with Crippen molar-refractivity contribution in [3.63, 3.8) is 0 Å². The van der Waals surface area contributed by atoms with Crippen LogP contribution >= 0.6 is 0 Å². The molecule has 8 heteroatoms. The van der Waals surface area contributed by atoms with Gasteiger partial charge < -0.3 is 14.8 Å². The van der Waals surface area contributed by atoms with E-state index in [4.69, 9.17) is 9.47 Å². The molecule has 26 heavy (non-hydrogen) atoms. The van der Waals surface area contributed by atoms with Gasteiger partial charge in [-0.25, -0.2) is 0 Å². The van der Waals surface area contributed by atoms with Crippen molar-refractivity contribution in [1.29, 1.82) is 5.26 Å². The number of alkyl halides is 3. The molecule has 0 aliphatic carbocycles. The van der Waals surface area contributed by atoms with Crippen LogP contribution in [0.15, 0.2) is 48.0 Å². The lowest BCUT2D eigenvalue weighted by Crippen LogP contribution is -2.14. The van der Waals surface area contributed by atoms with Gasteiger partial charge in [-0.05, 0) is 42.0 Å². The third-order valence-electron chi connectivity index (χ3n) is 3.52. The first-order valence-electron chi connectivity index (χ1n) is 7.37. The quantitative estimate of drug-likeness (QED) is 0.664. The number of fused-ring (bicyclic) bond motifs is 1. The molecule has 2 aromatic rings. The highest BCUT2D eigenvalue weighted by molar-refractivity contribution is 6.09. The number of amides is 1. The molecule has 5 nitrogen and oxygen atoms in total. The number of nitrogens with one attached hydrogen (secondary N) is 1. The van der Waals surface area contributed by atoms with Crippen LogP contribution in [-0.4, -0.2) is 12.7 Å². The highest BCUT2D eigenvalue weighted by atomic mass is 19.4. The van der Waals surface area contributed by atoms with Gasteiger partial charge in [-0.1, -0.05) is 12.1 Å². The van der Waals surface area contributed by atoms with Crippen LogP contribution in [-0.2, 0) is 11.0 Å². The van der Waals surface area contributed by atoms with E-state index in [0.717, 1.165) is 12.1 Å². The summed E-state index contributed by atoms with van der Waals surface area (Å²) in [6.07, 6.45) is -3.22. The lowest BCUT2D eigenvalue weighted by Gasteiger charge is -2.09. The summed E-state index contributed by atoms with van der Waals surface area (Å²) >= 11 is 0. The Morgan fingerprint density at radius 2 is 1.92 bits per heavy atom. The minimum Gasteiger partial charge on any atom is -0.454 e. The lowest BCUT2D eigenvalue weighted by atomic mass is 10.1. The van der Waals surface area contributed by atoms with Gasteiger partial charge in [-0.2, -0.15) is 18.4 Å². The van der Waals surface area contributed by atoms with Crippen molar-refractivity contribution in [2.45, 2.75) is 6.18 Å². The van der Waals surface area contributed by atoms with Crippen LogP contribution in [0, 0.1) is 11.3 Å². The number of carbonyl (C=O) groups is 1. The molecule has 3 rings (SSSR count). The second-order valence-corrected chi connectivity index (χ2v) is 5.32. The van der Waals surface area contributed by atoms with Gasteiger partial charge in [0.15, 0.2) is 11.5 Å². The molecule has 1 N–H and O–H groups in total. The van der Waals surface area contributed by atoms with Crippen molar-refractivity contribution in [2.24, 2.45) is 0 Å². The fraction of sp³-hybridized carbons (Fsp3) is 0.111. The molecule has 0 atom stereocenters. The fourth-order valence-electron chi connectivity index (χ4n) is 2.29. The summed E-state index contributed by atoms with van der Waals surface area (Å²) in [6, 6.07) is 10.8. The molecule has 1 aliphatic rings. The summed E-state index contributed by atoms with van der Waals surface area (Å²) in [7, 11) is 0. The Morgan fingerprint density at radius 3 is 2.65 bits per heavy atom. The van der Waals surface area contributed by atoms with Gasteiger partial charge >= 0.3 is 6.18 Å². The van der Waals surface area contributed by atoms with E-state index in [-0.39, 0.29) is 18.1 Å². The molecule has 132 valence electrons. The average molecular weight is 360 g/mol. The number of ether oxygens (including phenoxy) is 2. The molecule has 0 bridgehead atoms. The van der Waals surface area contributed by atoms with Crippen LogP contribution in [0.25, 0.3) is 6.08 Å². The van der Waals surface area contributed by atoms with E-state index in [1.807, 2.05) is 0 Å². The molecule has 0 aromatic heterocycles. The van der Waals surface area contributed by atoms with Crippen LogP contribution in [0.1, 0.15) is 11.1 Å². The predicted molar refractivity (Wildman–Crippen MR) is 86.2 cm³/mol. The maximum absolute atomic E-state index is 12.7. The lowest BCUT2D eigenvalue weighted by molar-refractivity contribution is -0.137. The van der Waals surface area contributed by atoms with Crippen molar-refractivity contribution in [1.82, 2.24) is 0 Å². The number of benzene rings is 2. The van der Waals surface area contributed by atoms with Gasteiger partial charge in [0.1, 0.15) is 11.6 Å². The molecular formula is C18H11F3N2O3. The van der Waals surface area contributed by atoms with Crippen LogP contribution in [0.5, 0.6) is 11.5 Å². The number of nitrogens with zero attached hydrogens (tertiary/aromatic N) is 1. The zero-order chi connectivity index (χ0) is 18.7. The first-order chi connectivity index (χ1) is 12.4. The van der Waals surface area contributed by atoms with Gasteiger partial charge in [0, 0.05) is 5.69 Å². The Bertz CT molecular complexity index is 930. The van der Waals surface area contributed by atoms with Gasteiger partial charge in [-0.15, -0.1) is 0 Å². The standard InChI is InChI=1S/C18H11F3N2O3/c19-18(20,21)13-2-1-3-14(8-13)23-17(24)12(9-22)6-11-4-5-15-16(7-11)26-10-25-15/h1-8H,10H2,(H,23,24). The molecule has 2 aromatic carbocycles. The Labute approximate surface area is 146 Å². The Balaban J connectivity index is 1.81. The number of halogens is 3. The molecular weight excluding hydrogens is 349 g/mol. The molecule has 1 aliphatic heterocycles. The third kappa shape index (κ3) is 3.78. The van der Waals surface area contributed by atoms with E-state index >= 15 is 0 Å². The fourth-order valence-corrected chi connectivity index (χ4v) is 2.29. The zero-order valence-corrected chi connectivity index (χ0v) is 13.1. The molecule has 1 amide bonds. The molecule has 1 heterocycles. The zero-order valence-electron chi connectivity index (χ0n) is 13.1. The highest BCUT2D eigenvalue weighted by Crippen LogP contribution is 2.33. The summed E-state index contributed by atoms with van der Waals surface area (Å²) in [4.78, 5) is 12.2. The average Bonchev–Trinajstić information content (AvgIpc) is 3.06. The van der Waals surface area contributed by atoms with Crippen molar-refractivity contribution < 1.29 is 27.4 Å². The first-order valence-corrected chi connectivity index (χ1v) is 7.37. The van der Waals surface area contributed by atoms with Crippen LogP contribution in [0.3, 0.4) is 0 Å². The van der Waals surface area contributed by atoms with E-state index in [1.54, 1.807) is 24.3 Å².